The van der Waals surface area contributed by atoms with E-state index in [2.05, 4.69) is 39.4 Å². The van der Waals surface area contributed by atoms with E-state index in [0.717, 1.165) is 33.5 Å². The van der Waals surface area contributed by atoms with Crippen molar-refractivity contribution in [3.63, 3.8) is 0 Å². The predicted molar refractivity (Wildman–Crippen MR) is 90.0 cm³/mol. The first-order valence-corrected chi connectivity index (χ1v) is 8.02. The number of allylic oxidation sites excluding steroid dienone is 2. The molecule has 2 aromatic rings. The number of nitrogens with zero attached hydrogens (tertiary/aromatic N) is 4. The van der Waals surface area contributed by atoms with Crippen molar-refractivity contribution in [2.24, 2.45) is 0 Å². The Bertz CT molecular complexity index is 907. The molecule has 0 radical (unpaired) electrons. The van der Waals surface area contributed by atoms with Crippen molar-refractivity contribution in [1.29, 1.82) is 5.26 Å². The summed E-state index contributed by atoms with van der Waals surface area (Å²) in [7, 11) is 0. The summed E-state index contributed by atoms with van der Waals surface area (Å²) in [6.45, 7) is 4.73. The molecule has 1 aromatic heterocycles. The maximum absolute atomic E-state index is 9.09. The van der Waals surface area contributed by atoms with Crippen LogP contribution in [0.1, 0.15) is 30.3 Å². The lowest BCUT2D eigenvalue weighted by Gasteiger charge is -2.11. The second-order valence-electron chi connectivity index (χ2n) is 5.78. The molecule has 1 fully saturated rings. The van der Waals surface area contributed by atoms with E-state index in [1.165, 1.54) is 12.8 Å². The minimum Gasteiger partial charge on any atom is -0.321 e. The van der Waals surface area contributed by atoms with Gasteiger partial charge in [-0.3, -0.25) is 0 Å². The highest BCUT2D eigenvalue weighted by molar-refractivity contribution is 9.11. The van der Waals surface area contributed by atoms with Gasteiger partial charge in [0.1, 0.15) is 12.5 Å². The van der Waals surface area contributed by atoms with Gasteiger partial charge in [0.05, 0.1) is 32.7 Å². The highest BCUT2D eigenvalue weighted by Gasteiger charge is 2.30. The summed E-state index contributed by atoms with van der Waals surface area (Å²) < 4.78 is 5.22. The standard InChI is InChI=1S/C17H14BrN4/c1-21-9-12(7-13(18)10-21)17-20-15-6-11(8-19)2-5-16(15)22(17)14-3-4-14/h2,5-7,10,14H,1,3-4,9H2/q+1. The number of imidazole rings is 1. The quantitative estimate of drug-likeness (QED) is 0.774. The van der Waals surface area contributed by atoms with Gasteiger partial charge in [0.2, 0.25) is 0 Å². The molecule has 5 heteroatoms. The summed E-state index contributed by atoms with van der Waals surface area (Å²) in [5, 5.41) is 9.09. The molecule has 0 amide bonds. The molecule has 1 aliphatic carbocycles. The second kappa shape index (κ2) is 4.92. The number of aromatic nitrogens is 2. The number of hydrogen-bond acceptors (Lipinski definition) is 2. The number of rotatable bonds is 2. The third-order valence-electron chi connectivity index (χ3n) is 4.01. The van der Waals surface area contributed by atoms with Gasteiger partial charge >= 0.3 is 0 Å². The van der Waals surface area contributed by atoms with Gasteiger partial charge in [0.25, 0.3) is 0 Å². The van der Waals surface area contributed by atoms with Crippen LogP contribution in [-0.2, 0) is 0 Å². The van der Waals surface area contributed by atoms with E-state index >= 15 is 0 Å². The SMILES string of the molecule is C=[N+]1C=C(Br)C=C(c2nc3cc(C#N)ccc3n2C2CC2)C1. The predicted octanol–water partition coefficient (Wildman–Crippen LogP) is 3.59. The fourth-order valence-electron chi connectivity index (χ4n) is 2.92. The minimum atomic E-state index is 0.525. The van der Waals surface area contributed by atoms with Gasteiger partial charge in [-0.25, -0.2) is 9.56 Å². The van der Waals surface area contributed by atoms with Gasteiger partial charge in [-0.1, -0.05) is 0 Å². The summed E-state index contributed by atoms with van der Waals surface area (Å²) in [5.74, 6) is 0.992. The molecule has 22 heavy (non-hydrogen) atoms. The van der Waals surface area contributed by atoms with E-state index in [1.54, 1.807) is 0 Å². The summed E-state index contributed by atoms with van der Waals surface area (Å²) >= 11 is 3.53. The van der Waals surface area contributed by atoms with Crippen LogP contribution in [0.5, 0.6) is 0 Å². The molecule has 2 aliphatic rings. The lowest BCUT2D eigenvalue weighted by Crippen LogP contribution is -2.13. The highest BCUT2D eigenvalue weighted by atomic mass is 79.9. The zero-order valence-electron chi connectivity index (χ0n) is 12.0. The molecule has 1 aromatic carbocycles. The maximum Gasteiger partial charge on any atom is 0.182 e. The number of nitriles is 1. The smallest absolute Gasteiger partial charge is 0.182 e. The molecule has 0 bridgehead atoms. The summed E-state index contributed by atoms with van der Waals surface area (Å²) in [6, 6.07) is 8.46. The van der Waals surface area contributed by atoms with Crippen molar-refractivity contribution < 1.29 is 4.58 Å². The van der Waals surface area contributed by atoms with Gasteiger partial charge in [-0.05, 0) is 53.0 Å². The average molecular weight is 354 g/mol. The Labute approximate surface area is 136 Å². The minimum absolute atomic E-state index is 0.525. The van der Waals surface area contributed by atoms with Crippen LogP contribution in [0.4, 0.5) is 0 Å². The Hall–Kier alpha value is -2.19. The van der Waals surface area contributed by atoms with Crippen molar-refractivity contribution in [1.82, 2.24) is 9.55 Å². The zero-order chi connectivity index (χ0) is 15.3. The van der Waals surface area contributed by atoms with Gasteiger partial charge in [-0.2, -0.15) is 5.26 Å². The molecule has 4 nitrogen and oxygen atoms in total. The third kappa shape index (κ3) is 2.20. The van der Waals surface area contributed by atoms with E-state index < -0.39 is 0 Å². The monoisotopic (exact) mass is 353 g/mol. The molecule has 2 heterocycles. The van der Waals surface area contributed by atoms with Crippen LogP contribution in [-0.4, -0.2) is 27.4 Å². The largest absolute Gasteiger partial charge is 0.321 e. The first-order valence-electron chi connectivity index (χ1n) is 7.23. The summed E-state index contributed by atoms with van der Waals surface area (Å²) in [6.07, 6.45) is 6.45. The molecule has 1 saturated carbocycles. The number of benzene rings is 1. The molecule has 0 atom stereocenters. The van der Waals surface area contributed by atoms with Gasteiger partial charge < -0.3 is 4.57 Å². The molecular formula is C17H14BrN4+. The van der Waals surface area contributed by atoms with E-state index in [9.17, 15) is 0 Å². The van der Waals surface area contributed by atoms with Gasteiger partial charge in [0, 0.05) is 6.04 Å². The number of fused-ring (bicyclic) bond motifs is 1. The zero-order valence-corrected chi connectivity index (χ0v) is 13.5. The molecular weight excluding hydrogens is 340 g/mol. The van der Waals surface area contributed by atoms with Crippen molar-refractivity contribution >= 4 is 39.3 Å². The molecule has 108 valence electrons. The maximum atomic E-state index is 9.09. The Morgan fingerprint density at radius 1 is 1.41 bits per heavy atom. The first kappa shape index (κ1) is 13.5. The van der Waals surface area contributed by atoms with Gasteiger partial charge in [-0.15, -0.1) is 0 Å². The van der Waals surface area contributed by atoms with E-state index in [-0.39, 0.29) is 0 Å². The Balaban J connectivity index is 1.94. The Kier molecular flexibility index (Phi) is 3.02. The molecule has 0 saturated heterocycles. The normalized spacial score (nSPS) is 18.1. The van der Waals surface area contributed by atoms with Crippen LogP contribution in [0, 0.1) is 11.3 Å². The first-order chi connectivity index (χ1) is 10.7. The molecule has 0 spiro atoms. The highest BCUT2D eigenvalue weighted by Crippen LogP contribution is 2.40. The number of hydrogen-bond donors (Lipinski definition) is 0. The Morgan fingerprint density at radius 3 is 2.91 bits per heavy atom. The molecule has 1 aliphatic heterocycles. The summed E-state index contributed by atoms with van der Waals surface area (Å²) in [4.78, 5) is 4.82. The molecule has 4 rings (SSSR count). The molecule has 0 N–H and O–H groups in total. The third-order valence-corrected chi connectivity index (χ3v) is 4.44. The lowest BCUT2D eigenvalue weighted by molar-refractivity contribution is -0.434. The van der Waals surface area contributed by atoms with Crippen LogP contribution >= 0.6 is 15.9 Å². The lowest BCUT2D eigenvalue weighted by atomic mass is 10.2. The van der Waals surface area contributed by atoms with Crippen LogP contribution in [0.3, 0.4) is 0 Å². The van der Waals surface area contributed by atoms with E-state index in [0.29, 0.717) is 11.6 Å². The van der Waals surface area contributed by atoms with Crippen molar-refractivity contribution in [3.05, 3.63) is 46.3 Å². The van der Waals surface area contributed by atoms with E-state index in [4.69, 9.17) is 10.2 Å². The van der Waals surface area contributed by atoms with Crippen LogP contribution in [0.2, 0.25) is 0 Å². The molecule has 0 unspecified atom stereocenters. The second-order valence-corrected chi connectivity index (χ2v) is 6.70. The van der Waals surface area contributed by atoms with E-state index in [1.807, 2.05) is 29.0 Å². The van der Waals surface area contributed by atoms with Crippen molar-refractivity contribution in [2.45, 2.75) is 18.9 Å². The van der Waals surface area contributed by atoms with Crippen molar-refractivity contribution in [3.8, 4) is 6.07 Å². The summed E-state index contributed by atoms with van der Waals surface area (Å²) in [5.41, 5.74) is 3.80. The fraction of sp³-hybridized carbons (Fsp3) is 0.235. The van der Waals surface area contributed by atoms with Crippen LogP contribution < -0.4 is 0 Å². The van der Waals surface area contributed by atoms with Crippen molar-refractivity contribution in [2.75, 3.05) is 6.54 Å². The topological polar surface area (TPSA) is 44.6 Å². The van der Waals surface area contributed by atoms with Gasteiger partial charge in [0.15, 0.2) is 12.7 Å². The fourth-order valence-corrected chi connectivity index (χ4v) is 3.49. The average Bonchev–Trinajstić information content (AvgIpc) is 3.25. The number of halogens is 1. The Morgan fingerprint density at radius 2 is 2.23 bits per heavy atom. The van der Waals surface area contributed by atoms with Crippen LogP contribution in [0.15, 0.2) is 35.0 Å². The van der Waals surface area contributed by atoms with Crippen LogP contribution in [0.25, 0.3) is 16.6 Å².